The fourth-order valence-corrected chi connectivity index (χ4v) is 3.73. The van der Waals surface area contributed by atoms with Crippen LogP contribution in [0, 0.1) is 0 Å². The Morgan fingerprint density at radius 2 is 1.74 bits per heavy atom. The van der Waals surface area contributed by atoms with Crippen molar-refractivity contribution in [3.05, 3.63) is 53.6 Å². The lowest BCUT2D eigenvalue weighted by Gasteiger charge is -2.31. The third kappa shape index (κ3) is 4.61. The van der Waals surface area contributed by atoms with E-state index in [1.54, 1.807) is 36.5 Å². The van der Waals surface area contributed by atoms with E-state index in [2.05, 4.69) is 23.7 Å². The summed E-state index contributed by atoms with van der Waals surface area (Å²) in [5.41, 5.74) is 1.61. The summed E-state index contributed by atoms with van der Waals surface area (Å²) in [5.74, 6) is -0.344. The molecular weight excluding hydrogens is 394 g/mol. The van der Waals surface area contributed by atoms with Gasteiger partial charge in [-0.25, -0.2) is 4.90 Å². The molecule has 0 bridgehead atoms. The summed E-state index contributed by atoms with van der Waals surface area (Å²) in [6, 6.07) is 12.2. The summed E-state index contributed by atoms with van der Waals surface area (Å²) < 4.78 is 10.6. The van der Waals surface area contributed by atoms with Crippen LogP contribution in [0.5, 0.6) is 11.5 Å². The molecule has 164 valence electrons. The Balaban J connectivity index is 1.95. The van der Waals surface area contributed by atoms with E-state index in [4.69, 9.17) is 9.47 Å². The number of hydrogen-bond acceptors (Lipinski definition) is 6. The molecule has 31 heavy (non-hydrogen) atoms. The predicted molar refractivity (Wildman–Crippen MR) is 122 cm³/mol. The van der Waals surface area contributed by atoms with Crippen molar-refractivity contribution in [1.82, 2.24) is 4.90 Å². The van der Waals surface area contributed by atoms with Gasteiger partial charge in [0.1, 0.15) is 0 Å². The molecule has 2 aromatic carbocycles. The molecule has 0 aromatic heterocycles. The Morgan fingerprint density at radius 3 is 2.42 bits per heavy atom. The summed E-state index contributed by atoms with van der Waals surface area (Å²) in [6.07, 6.45) is 1.67. The van der Waals surface area contributed by atoms with Crippen LogP contribution in [0.4, 0.5) is 5.69 Å². The van der Waals surface area contributed by atoms with Crippen molar-refractivity contribution in [1.29, 1.82) is 0 Å². The molecular formula is C24H29N3O4. The van der Waals surface area contributed by atoms with Crippen LogP contribution in [-0.4, -0.2) is 63.3 Å². The van der Waals surface area contributed by atoms with Crippen molar-refractivity contribution in [2.75, 3.05) is 45.3 Å². The molecule has 0 saturated carbocycles. The highest BCUT2D eigenvalue weighted by Crippen LogP contribution is 2.36. The van der Waals surface area contributed by atoms with E-state index in [-0.39, 0.29) is 11.8 Å². The number of imide groups is 1. The molecule has 1 unspecified atom stereocenters. The lowest BCUT2D eigenvalue weighted by Crippen LogP contribution is -2.45. The van der Waals surface area contributed by atoms with E-state index in [0.29, 0.717) is 34.9 Å². The molecule has 0 N–H and O–H groups in total. The highest BCUT2D eigenvalue weighted by atomic mass is 16.5. The Bertz CT molecular complexity index is 969. The van der Waals surface area contributed by atoms with Crippen LogP contribution in [0.1, 0.15) is 35.7 Å². The Labute approximate surface area is 183 Å². The maximum Gasteiger partial charge on any atom is 0.265 e. The summed E-state index contributed by atoms with van der Waals surface area (Å²) in [6.45, 7) is 7.56. The van der Waals surface area contributed by atoms with Gasteiger partial charge in [0.15, 0.2) is 11.5 Å². The number of likely N-dealkylation sites (N-methyl/N-ethyl adjacent to an activating group) is 1. The zero-order valence-corrected chi connectivity index (χ0v) is 18.5. The van der Waals surface area contributed by atoms with Gasteiger partial charge in [0.05, 0.1) is 32.4 Å². The van der Waals surface area contributed by atoms with Gasteiger partial charge in [-0.1, -0.05) is 32.0 Å². The van der Waals surface area contributed by atoms with E-state index in [0.717, 1.165) is 19.6 Å². The number of ether oxygens (including phenoxy) is 2. The summed E-state index contributed by atoms with van der Waals surface area (Å²) >= 11 is 0. The van der Waals surface area contributed by atoms with Crippen LogP contribution in [0.15, 0.2) is 47.5 Å². The highest BCUT2D eigenvalue weighted by Gasteiger charge is 2.39. The molecule has 1 heterocycles. The molecule has 0 radical (unpaired) electrons. The molecule has 1 atom stereocenters. The fraction of sp³-hybridized carbons (Fsp3) is 0.375. The summed E-state index contributed by atoms with van der Waals surface area (Å²) in [4.78, 5) is 34.6. The number of benzene rings is 2. The number of carbonyl (C=O) groups excluding carboxylic acids is 2. The van der Waals surface area contributed by atoms with Gasteiger partial charge in [-0.2, -0.15) is 0 Å². The number of aliphatic imine (C=N–C) groups is 1. The van der Waals surface area contributed by atoms with E-state index >= 15 is 0 Å². The molecule has 0 saturated heterocycles. The number of methoxy groups -OCH3 is 2. The number of rotatable bonds is 9. The number of carbonyl (C=O) groups is 2. The number of hydrogen-bond donors (Lipinski definition) is 0. The molecule has 1 aliphatic rings. The average molecular weight is 424 g/mol. The molecule has 1 aliphatic heterocycles. The SMILES string of the molecule is CCN(CC)CCN=CC1C(=O)N(c2ccc(OC)c(OC)c2)C(=O)c2ccccc21. The number of nitrogens with zero attached hydrogens (tertiary/aromatic N) is 3. The fourth-order valence-electron chi connectivity index (χ4n) is 3.73. The van der Waals surface area contributed by atoms with Crippen molar-refractivity contribution in [3.63, 3.8) is 0 Å². The zero-order valence-electron chi connectivity index (χ0n) is 18.5. The normalized spacial score (nSPS) is 16.2. The van der Waals surface area contributed by atoms with E-state index in [9.17, 15) is 9.59 Å². The highest BCUT2D eigenvalue weighted by molar-refractivity contribution is 6.29. The molecule has 2 aromatic rings. The smallest absolute Gasteiger partial charge is 0.265 e. The van der Waals surface area contributed by atoms with Gasteiger partial charge in [0.25, 0.3) is 5.91 Å². The molecule has 2 amide bonds. The topological polar surface area (TPSA) is 71.4 Å². The van der Waals surface area contributed by atoms with Gasteiger partial charge in [-0.05, 0) is 36.9 Å². The van der Waals surface area contributed by atoms with Crippen molar-refractivity contribution < 1.29 is 19.1 Å². The Hall–Kier alpha value is -3.19. The third-order valence-corrected chi connectivity index (χ3v) is 5.54. The first kappa shape index (κ1) is 22.5. The van der Waals surface area contributed by atoms with Gasteiger partial charge in [0.2, 0.25) is 5.91 Å². The first-order chi connectivity index (χ1) is 15.0. The van der Waals surface area contributed by atoms with Crippen molar-refractivity contribution in [2.24, 2.45) is 4.99 Å². The largest absolute Gasteiger partial charge is 0.493 e. The first-order valence-corrected chi connectivity index (χ1v) is 10.5. The zero-order chi connectivity index (χ0) is 22.4. The van der Waals surface area contributed by atoms with Gasteiger partial charge in [-0.3, -0.25) is 14.6 Å². The van der Waals surface area contributed by atoms with Gasteiger partial charge in [0, 0.05) is 24.4 Å². The Morgan fingerprint density at radius 1 is 1.03 bits per heavy atom. The molecule has 0 aliphatic carbocycles. The lowest BCUT2D eigenvalue weighted by atomic mass is 9.89. The second kappa shape index (κ2) is 10.2. The summed E-state index contributed by atoms with van der Waals surface area (Å²) in [5, 5.41) is 0. The molecule has 7 heteroatoms. The number of amides is 2. The lowest BCUT2D eigenvalue weighted by molar-refractivity contribution is -0.118. The van der Waals surface area contributed by atoms with Crippen LogP contribution in [0.3, 0.4) is 0 Å². The van der Waals surface area contributed by atoms with E-state index in [1.165, 1.54) is 19.1 Å². The van der Waals surface area contributed by atoms with E-state index in [1.807, 2.05) is 12.1 Å². The number of fused-ring (bicyclic) bond motifs is 1. The van der Waals surface area contributed by atoms with Crippen molar-refractivity contribution in [3.8, 4) is 11.5 Å². The van der Waals surface area contributed by atoms with Crippen LogP contribution in [-0.2, 0) is 4.79 Å². The van der Waals surface area contributed by atoms with Gasteiger partial charge in [-0.15, -0.1) is 0 Å². The predicted octanol–water partition coefficient (Wildman–Crippen LogP) is 3.39. The second-order valence-electron chi connectivity index (χ2n) is 7.17. The quantitative estimate of drug-likeness (QED) is 0.457. The molecule has 7 nitrogen and oxygen atoms in total. The summed E-state index contributed by atoms with van der Waals surface area (Å²) in [7, 11) is 3.05. The van der Waals surface area contributed by atoms with E-state index < -0.39 is 5.92 Å². The number of anilines is 1. The van der Waals surface area contributed by atoms with Crippen LogP contribution < -0.4 is 14.4 Å². The first-order valence-electron chi connectivity index (χ1n) is 10.5. The second-order valence-corrected chi connectivity index (χ2v) is 7.17. The maximum absolute atomic E-state index is 13.4. The van der Waals surface area contributed by atoms with Crippen LogP contribution >= 0.6 is 0 Å². The maximum atomic E-state index is 13.4. The third-order valence-electron chi connectivity index (χ3n) is 5.54. The van der Waals surface area contributed by atoms with Crippen LogP contribution in [0.2, 0.25) is 0 Å². The standard InChI is InChI=1S/C24H29N3O4/c1-5-26(6-2)14-13-25-16-20-18-9-7-8-10-19(18)23(28)27(24(20)29)17-11-12-21(30-3)22(15-17)31-4/h7-12,15-16,20H,5-6,13-14H2,1-4H3. The molecule has 0 fully saturated rings. The molecule has 3 rings (SSSR count). The average Bonchev–Trinajstić information content (AvgIpc) is 2.81. The van der Waals surface area contributed by atoms with Crippen molar-refractivity contribution >= 4 is 23.7 Å². The van der Waals surface area contributed by atoms with Gasteiger partial charge < -0.3 is 14.4 Å². The monoisotopic (exact) mass is 423 g/mol. The van der Waals surface area contributed by atoms with Crippen molar-refractivity contribution in [2.45, 2.75) is 19.8 Å². The van der Waals surface area contributed by atoms with Gasteiger partial charge >= 0.3 is 0 Å². The minimum atomic E-state index is -0.626. The van der Waals surface area contributed by atoms with Crippen LogP contribution in [0.25, 0.3) is 0 Å². The Kier molecular flexibility index (Phi) is 7.41. The molecule has 0 spiro atoms. The minimum Gasteiger partial charge on any atom is -0.493 e. The minimum absolute atomic E-state index is 0.331.